The van der Waals surface area contributed by atoms with Crippen LogP contribution in [0.3, 0.4) is 0 Å². The summed E-state index contributed by atoms with van der Waals surface area (Å²) in [5.41, 5.74) is 0. The van der Waals surface area contributed by atoms with Gasteiger partial charge in [-0.15, -0.1) is 0 Å². The number of carboxylic acids is 1. The van der Waals surface area contributed by atoms with E-state index in [1.165, 1.54) is 0 Å². The van der Waals surface area contributed by atoms with Crippen LogP contribution in [0.2, 0.25) is 0 Å². The topological polar surface area (TPSA) is 37.3 Å². The fourth-order valence-corrected chi connectivity index (χ4v) is 0.704. The molecule has 0 fully saturated rings. The van der Waals surface area contributed by atoms with Crippen LogP contribution in [0.15, 0.2) is 0 Å². The van der Waals surface area contributed by atoms with Gasteiger partial charge in [-0.3, -0.25) is 4.79 Å². The lowest BCUT2D eigenvalue weighted by molar-refractivity contribution is -0.141. The molecule has 0 amide bonds. The minimum Gasteiger partial charge on any atom is -0.481 e. The molecule has 0 aromatic heterocycles. The average molecular weight is 148 g/mol. The van der Waals surface area contributed by atoms with Gasteiger partial charge in [-0.25, -0.2) is 0 Å². The minimum absolute atomic E-state index is 0.211. The van der Waals surface area contributed by atoms with Crippen molar-refractivity contribution in [3.8, 4) is 0 Å². The summed E-state index contributed by atoms with van der Waals surface area (Å²) in [7, 11) is 0. The molecule has 0 aromatic carbocycles. The first-order valence-electron chi connectivity index (χ1n) is 3.02. The molecule has 0 saturated heterocycles. The third-order valence-electron chi connectivity index (χ3n) is 1.22. The molecule has 0 aliphatic carbocycles. The quantitative estimate of drug-likeness (QED) is 0.592. The molecule has 1 N–H and O–H groups in total. The maximum atomic E-state index is 10.2. The second-order valence-corrected chi connectivity index (χ2v) is 2.55. The fraction of sp³-hybridized carbons (Fsp3) is 0.833. The van der Waals surface area contributed by atoms with Crippen LogP contribution in [-0.2, 0) is 4.79 Å². The van der Waals surface area contributed by atoms with Crippen molar-refractivity contribution in [2.75, 3.05) is 5.75 Å². The molecule has 0 rings (SSSR count). The summed E-state index contributed by atoms with van der Waals surface area (Å²) >= 11 is 3.97. The number of hydrogen-bond acceptors (Lipinski definition) is 2. The second kappa shape index (κ2) is 4.68. The third kappa shape index (κ3) is 4.33. The van der Waals surface area contributed by atoms with Gasteiger partial charge >= 0.3 is 5.97 Å². The second-order valence-electron chi connectivity index (χ2n) is 2.11. The first-order chi connectivity index (χ1) is 4.18. The highest BCUT2D eigenvalue weighted by molar-refractivity contribution is 7.80. The normalized spacial score (nSPS) is 13.1. The summed E-state index contributed by atoms with van der Waals surface area (Å²) in [5.74, 6) is -0.147. The molecule has 0 saturated carbocycles. The van der Waals surface area contributed by atoms with Gasteiger partial charge in [-0.1, -0.05) is 6.92 Å². The molecule has 0 bridgehead atoms. The SMILES string of the molecule is CC(CCCS)C(=O)O. The Morgan fingerprint density at radius 1 is 1.78 bits per heavy atom. The Hall–Kier alpha value is -0.180. The van der Waals surface area contributed by atoms with E-state index in [4.69, 9.17) is 5.11 Å². The van der Waals surface area contributed by atoms with Gasteiger partial charge in [0.2, 0.25) is 0 Å². The van der Waals surface area contributed by atoms with Gasteiger partial charge in [0.15, 0.2) is 0 Å². The predicted octanol–water partition coefficient (Wildman–Crippen LogP) is 1.42. The van der Waals surface area contributed by atoms with Crippen LogP contribution in [-0.4, -0.2) is 16.8 Å². The Labute approximate surface area is 60.7 Å². The van der Waals surface area contributed by atoms with Gasteiger partial charge in [0, 0.05) is 0 Å². The Morgan fingerprint density at radius 2 is 2.33 bits per heavy atom. The van der Waals surface area contributed by atoms with Crippen molar-refractivity contribution in [2.45, 2.75) is 19.8 Å². The van der Waals surface area contributed by atoms with Crippen LogP contribution in [0.4, 0.5) is 0 Å². The van der Waals surface area contributed by atoms with Crippen LogP contribution in [0.5, 0.6) is 0 Å². The highest BCUT2D eigenvalue weighted by atomic mass is 32.1. The molecular formula is C6H12O2S. The Morgan fingerprint density at radius 3 is 2.67 bits per heavy atom. The van der Waals surface area contributed by atoms with E-state index in [2.05, 4.69) is 12.6 Å². The third-order valence-corrected chi connectivity index (χ3v) is 1.53. The number of rotatable bonds is 4. The number of carbonyl (C=O) groups is 1. The number of thiol groups is 1. The first-order valence-corrected chi connectivity index (χ1v) is 3.65. The van der Waals surface area contributed by atoms with Gasteiger partial charge < -0.3 is 5.11 Å². The summed E-state index contributed by atoms with van der Waals surface area (Å²) in [6, 6.07) is 0. The van der Waals surface area contributed by atoms with E-state index in [0.717, 1.165) is 18.6 Å². The number of aliphatic carboxylic acids is 1. The van der Waals surface area contributed by atoms with Gasteiger partial charge in [0.05, 0.1) is 5.92 Å². The van der Waals surface area contributed by atoms with Crippen molar-refractivity contribution in [3.05, 3.63) is 0 Å². The van der Waals surface area contributed by atoms with Gasteiger partial charge in [-0.2, -0.15) is 12.6 Å². The molecule has 1 atom stereocenters. The maximum absolute atomic E-state index is 10.2. The summed E-state index contributed by atoms with van der Waals surface area (Å²) in [6.07, 6.45) is 1.62. The monoisotopic (exact) mass is 148 g/mol. The highest BCUT2D eigenvalue weighted by Gasteiger charge is 2.08. The molecule has 9 heavy (non-hydrogen) atoms. The molecule has 1 unspecified atom stereocenters. The van der Waals surface area contributed by atoms with Gasteiger partial charge in [0.1, 0.15) is 0 Å². The van der Waals surface area contributed by atoms with E-state index < -0.39 is 5.97 Å². The van der Waals surface area contributed by atoms with Crippen LogP contribution >= 0.6 is 12.6 Å². The molecule has 0 spiro atoms. The van der Waals surface area contributed by atoms with Crippen molar-refractivity contribution >= 4 is 18.6 Å². The lowest BCUT2D eigenvalue weighted by atomic mass is 10.1. The maximum Gasteiger partial charge on any atom is 0.306 e. The van der Waals surface area contributed by atoms with E-state index in [1.54, 1.807) is 6.92 Å². The molecule has 0 aromatic rings. The van der Waals surface area contributed by atoms with Crippen LogP contribution in [0.1, 0.15) is 19.8 Å². The number of carboxylic acid groups (broad SMARTS) is 1. The zero-order valence-electron chi connectivity index (χ0n) is 5.50. The predicted molar refractivity (Wildman–Crippen MR) is 39.9 cm³/mol. The fourth-order valence-electron chi connectivity index (χ4n) is 0.521. The van der Waals surface area contributed by atoms with E-state index in [1.807, 2.05) is 0 Å². The number of hydrogen-bond donors (Lipinski definition) is 2. The highest BCUT2D eigenvalue weighted by Crippen LogP contribution is 2.05. The molecular weight excluding hydrogens is 136 g/mol. The summed E-state index contributed by atoms with van der Waals surface area (Å²) in [5, 5.41) is 8.38. The van der Waals surface area contributed by atoms with E-state index in [9.17, 15) is 4.79 Å². The average Bonchev–Trinajstić information content (AvgIpc) is 1.82. The Bertz CT molecular complexity index is 93.1. The molecule has 2 nitrogen and oxygen atoms in total. The largest absolute Gasteiger partial charge is 0.481 e. The van der Waals surface area contributed by atoms with Crippen LogP contribution in [0, 0.1) is 5.92 Å². The van der Waals surface area contributed by atoms with Crippen molar-refractivity contribution in [1.82, 2.24) is 0 Å². The summed E-state index contributed by atoms with van der Waals surface area (Å²) in [6.45, 7) is 1.71. The van der Waals surface area contributed by atoms with Gasteiger partial charge in [-0.05, 0) is 18.6 Å². The smallest absolute Gasteiger partial charge is 0.306 e. The van der Waals surface area contributed by atoms with Crippen molar-refractivity contribution in [3.63, 3.8) is 0 Å². The van der Waals surface area contributed by atoms with Crippen LogP contribution in [0.25, 0.3) is 0 Å². The Balaban J connectivity index is 3.27. The standard InChI is InChI=1S/C6H12O2S/c1-5(6(7)8)3-2-4-9/h5,9H,2-4H2,1H3,(H,7,8). The molecule has 54 valence electrons. The summed E-state index contributed by atoms with van der Waals surface area (Å²) in [4.78, 5) is 10.2. The van der Waals surface area contributed by atoms with E-state index >= 15 is 0 Å². The van der Waals surface area contributed by atoms with Crippen molar-refractivity contribution < 1.29 is 9.90 Å². The Kier molecular flexibility index (Phi) is 4.58. The van der Waals surface area contributed by atoms with Crippen LogP contribution < -0.4 is 0 Å². The lowest BCUT2D eigenvalue weighted by Gasteiger charge is -2.01. The molecule has 0 aliphatic heterocycles. The van der Waals surface area contributed by atoms with Gasteiger partial charge in [0.25, 0.3) is 0 Å². The zero-order valence-corrected chi connectivity index (χ0v) is 6.40. The molecule has 0 radical (unpaired) electrons. The molecule has 0 heterocycles. The zero-order chi connectivity index (χ0) is 7.28. The van der Waals surface area contributed by atoms with Crippen molar-refractivity contribution in [2.24, 2.45) is 5.92 Å². The van der Waals surface area contributed by atoms with E-state index in [-0.39, 0.29) is 5.92 Å². The van der Waals surface area contributed by atoms with E-state index in [0.29, 0.717) is 0 Å². The lowest BCUT2D eigenvalue weighted by Crippen LogP contribution is -2.08. The van der Waals surface area contributed by atoms with Crippen molar-refractivity contribution in [1.29, 1.82) is 0 Å². The minimum atomic E-state index is -0.711. The first kappa shape index (κ1) is 8.82. The molecule has 3 heteroatoms. The summed E-state index contributed by atoms with van der Waals surface area (Å²) < 4.78 is 0. The molecule has 0 aliphatic rings.